The quantitative estimate of drug-likeness (QED) is 0.738. The van der Waals surface area contributed by atoms with Crippen LogP contribution in [0.25, 0.3) is 6.08 Å². The van der Waals surface area contributed by atoms with Gasteiger partial charge >= 0.3 is 5.97 Å². The molecule has 138 valence electrons. The average Bonchev–Trinajstić information content (AvgIpc) is 2.93. The Morgan fingerprint density at radius 1 is 1.07 bits per heavy atom. The number of amides is 2. The van der Waals surface area contributed by atoms with Crippen LogP contribution in [-0.2, 0) is 16.0 Å². The summed E-state index contributed by atoms with van der Waals surface area (Å²) in [6.45, 7) is -0.174. The Balaban J connectivity index is 1.73. The molecule has 0 aromatic heterocycles. The fourth-order valence-corrected chi connectivity index (χ4v) is 3.45. The van der Waals surface area contributed by atoms with Crippen LogP contribution in [0.5, 0.6) is 5.75 Å². The van der Waals surface area contributed by atoms with E-state index in [2.05, 4.69) is 0 Å². The normalized spacial score (nSPS) is 15.4. The topological polar surface area (TPSA) is 83.9 Å². The van der Waals surface area contributed by atoms with Crippen molar-refractivity contribution in [3.8, 4) is 5.75 Å². The molecule has 0 bridgehead atoms. The average molecular weight is 383 g/mol. The maximum absolute atomic E-state index is 12.6. The van der Waals surface area contributed by atoms with Gasteiger partial charge in [-0.25, -0.2) is 4.79 Å². The van der Waals surface area contributed by atoms with E-state index < -0.39 is 12.6 Å². The molecule has 0 aliphatic carbocycles. The highest BCUT2D eigenvalue weighted by atomic mass is 32.2. The second-order valence-electron chi connectivity index (χ2n) is 5.79. The first kappa shape index (κ1) is 18.7. The third-order valence-corrected chi connectivity index (χ3v) is 4.80. The van der Waals surface area contributed by atoms with E-state index in [-0.39, 0.29) is 11.1 Å². The number of aliphatic carboxylic acids is 1. The molecular formula is C20H17NO5S. The number of para-hydroxylation sites is 1. The molecule has 0 radical (unpaired) electrons. The molecule has 1 saturated heterocycles. The predicted octanol–water partition coefficient (Wildman–Crippen LogP) is 3.43. The second-order valence-corrected chi connectivity index (χ2v) is 6.78. The van der Waals surface area contributed by atoms with Crippen LogP contribution in [0.15, 0.2) is 59.5 Å². The number of ether oxygens (including phenoxy) is 1. The van der Waals surface area contributed by atoms with Crippen LogP contribution in [0.3, 0.4) is 0 Å². The van der Waals surface area contributed by atoms with Gasteiger partial charge in [0.2, 0.25) is 0 Å². The molecule has 2 amide bonds. The van der Waals surface area contributed by atoms with Gasteiger partial charge in [0.15, 0.2) is 6.61 Å². The van der Waals surface area contributed by atoms with Crippen molar-refractivity contribution in [2.45, 2.75) is 6.42 Å². The largest absolute Gasteiger partial charge is 0.481 e. The van der Waals surface area contributed by atoms with E-state index >= 15 is 0 Å². The minimum atomic E-state index is -1.09. The first-order valence-corrected chi connectivity index (χ1v) is 9.09. The van der Waals surface area contributed by atoms with Crippen LogP contribution in [0.2, 0.25) is 0 Å². The van der Waals surface area contributed by atoms with Crippen LogP contribution in [0.4, 0.5) is 4.79 Å². The lowest BCUT2D eigenvalue weighted by Crippen LogP contribution is -2.30. The van der Waals surface area contributed by atoms with Gasteiger partial charge in [-0.2, -0.15) is 0 Å². The minimum Gasteiger partial charge on any atom is -0.481 e. The molecule has 3 rings (SSSR count). The van der Waals surface area contributed by atoms with Crippen molar-refractivity contribution in [2.24, 2.45) is 0 Å². The van der Waals surface area contributed by atoms with Crippen molar-refractivity contribution in [1.82, 2.24) is 4.90 Å². The number of thioether (sulfide) groups is 1. The Labute approximate surface area is 160 Å². The van der Waals surface area contributed by atoms with E-state index in [4.69, 9.17) is 9.84 Å². The van der Waals surface area contributed by atoms with E-state index in [1.165, 1.54) is 4.90 Å². The van der Waals surface area contributed by atoms with Gasteiger partial charge in [0.25, 0.3) is 11.1 Å². The van der Waals surface area contributed by atoms with Gasteiger partial charge in [0.1, 0.15) is 5.75 Å². The lowest BCUT2D eigenvalue weighted by Gasteiger charge is -2.12. The number of imide groups is 1. The van der Waals surface area contributed by atoms with Crippen molar-refractivity contribution < 1.29 is 24.2 Å². The van der Waals surface area contributed by atoms with E-state index in [1.807, 2.05) is 30.3 Å². The summed E-state index contributed by atoms with van der Waals surface area (Å²) in [5, 5.41) is 8.45. The summed E-state index contributed by atoms with van der Waals surface area (Å²) < 4.78 is 5.24. The molecule has 0 spiro atoms. The highest BCUT2D eigenvalue weighted by Gasteiger charge is 2.34. The van der Waals surface area contributed by atoms with Crippen molar-refractivity contribution in [3.63, 3.8) is 0 Å². The standard InChI is InChI=1S/C20H17NO5S/c22-18(23)13-26-16-9-5-4-8-15(16)12-17-19(24)21(20(25)27-17)11-10-14-6-2-1-3-7-14/h1-9,12H,10-11,13H2,(H,22,23)/b17-12-. The summed E-state index contributed by atoms with van der Waals surface area (Å²) in [7, 11) is 0. The van der Waals surface area contributed by atoms with Crippen molar-refractivity contribution in [2.75, 3.05) is 13.2 Å². The summed E-state index contributed by atoms with van der Waals surface area (Å²) in [4.78, 5) is 37.0. The first-order chi connectivity index (χ1) is 13.0. The zero-order valence-electron chi connectivity index (χ0n) is 14.3. The maximum Gasteiger partial charge on any atom is 0.341 e. The first-order valence-electron chi connectivity index (χ1n) is 8.27. The highest BCUT2D eigenvalue weighted by Crippen LogP contribution is 2.34. The van der Waals surface area contributed by atoms with E-state index in [0.717, 1.165) is 17.3 Å². The number of carboxylic acid groups (broad SMARTS) is 1. The lowest BCUT2D eigenvalue weighted by atomic mass is 10.1. The van der Waals surface area contributed by atoms with Crippen LogP contribution in [-0.4, -0.2) is 40.3 Å². The Morgan fingerprint density at radius 2 is 1.78 bits per heavy atom. The highest BCUT2D eigenvalue weighted by molar-refractivity contribution is 8.18. The van der Waals surface area contributed by atoms with E-state index in [0.29, 0.717) is 29.2 Å². The Morgan fingerprint density at radius 3 is 2.52 bits per heavy atom. The minimum absolute atomic E-state index is 0.291. The van der Waals surface area contributed by atoms with Gasteiger partial charge in [-0.1, -0.05) is 48.5 Å². The molecule has 0 unspecified atom stereocenters. The molecule has 1 heterocycles. The molecule has 2 aromatic rings. The number of carbonyl (C=O) groups is 3. The van der Waals surface area contributed by atoms with Gasteiger partial charge < -0.3 is 9.84 Å². The Kier molecular flexibility index (Phi) is 5.93. The Bertz CT molecular complexity index is 894. The summed E-state index contributed by atoms with van der Waals surface area (Å²) in [5.41, 5.74) is 1.60. The van der Waals surface area contributed by atoms with Gasteiger partial charge in [0, 0.05) is 12.1 Å². The number of nitrogens with zero attached hydrogens (tertiary/aromatic N) is 1. The number of hydrogen-bond donors (Lipinski definition) is 1. The van der Waals surface area contributed by atoms with Crippen LogP contribution >= 0.6 is 11.8 Å². The molecule has 27 heavy (non-hydrogen) atoms. The fraction of sp³-hybridized carbons (Fsp3) is 0.150. The molecule has 7 heteroatoms. The summed E-state index contributed by atoms with van der Waals surface area (Å²) in [6, 6.07) is 16.4. The van der Waals surface area contributed by atoms with Crippen molar-refractivity contribution in [1.29, 1.82) is 0 Å². The van der Waals surface area contributed by atoms with E-state index in [1.54, 1.807) is 30.3 Å². The van der Waals surface area contributed by atoms with Crippen LogP contribution < -0.4 is 4.74 Å². The van der Waals surface area contributed by atoms with Gasteiger partial charge in [0.05, 0.1) is 4.91 Å². The smallest absolute Gasteiger partial charge is 0.341 e. The third kappa shape index (κ3) is 4.77. The van der Waals surface area contributed by atoms with Crippen LogP contribution in [0, 0.1) is 0 Å². The molecule has 0 saturated carbocycles. The Hall–Kier alpha value is -3.06. The number of rotatable bonds is 7. The molecule has 1 N–H and O–H groups in total. The lowest BCUT2D eigenvalue weighted by molar-refractivity contribution is -0.139. The van der Waals surface area contributed by atoms with Gasteiger partial charge in [-0.05, 0) is 35.9 Å². The van der Waals surface area contributed by atoms with Crippen molar-refractivity contribution in [3.05, 3.63) is 70.6 Å². The molecular weight excluding hydrogens is 366 g/mol. The third-order valence-electron chi connectivity index (χ3n) is 3.90. The zero-order valence-corrected chi connectivity index (χ0v) is 15.1. The maximum atomic E-state index is 12.6. The monoisotopic (exact) mass is 383 g/mol. The number of hydrogen-bond acceptors (Lipinski definition) is 5. The predicted molar refractivity (Wildman–Crippen MR) is 102 cm³/mol. The summed E-state index contributed by atoms with van der Waals surface area (Å²) in [5.74, 6) is -1.10. The van der Waals surface area contributed by atoms with Gasteiger partial charge in [-0.3, -0.25) is 14.5 Å². The van der Waals surface area contributed by atoms with Crippen molar-refractivity contribution >= 4 is 35.0 Å². The number of benzene rings is 2. The SMILES string of the molecule is O=C(O)COc1ccccc1/C=C1\SC(=O)N(CCc2ccccc2)C1=O. The number of carboxylic acids is 1. The molecule has 0 atom stereocenters. The van der Waals surface area contributed by atoms with Crippen LogP contribution in [0.1, 0.15) is 11.1 Å². The summed E-state index contributed by atoms with van der Waals surface area (Å²) >= 11 is 0.872. The molecule has 1 aliphatic rings. The second kappa shape index (κ2) is 8.55. The van der Waals surface area contributed by atoms with Gasteiger partial charge in [-0.15, -0.1) is 0 Å². The molecule has 6 nitrogen and oxygen atoms in total. The fourth-order valence-electron chi connectivity index (χ4n) is 2.59. The summed E-state index contributed by atoms with van der Waals surface area (Å²) in [6.07, 6.45) is 2.15. The molecule has 1 fully saturated rings. The molecule has 1 aliphatic heterocycles. The van der Waals surface area contributed by atoms with E-state index in [9.17, 15) is 14.4 Å². The number of carbonyl (C=O) groups excluding carboxylic acids is 2. The zero-order chi connectivity index (χ0) is 19.2. The molecule has 2 aromatic carbocycles.